The molecule has 0 spiro atoms. The second-order valence-electron chi connectivity index (χ2n) is 4.89. The largest absolute Gasteiger partial charge is 0.465 e. The predicted octanol–water partition coefficient (Wildman–Crippen LogP) is 0.978. The van der Waals surface area contributed by atoms with Crippen LogP contribution in [0.25, 0.3) is 0 Å². The van der Waals surface area contributed by atoms with Crippen molar-refractivity contribution in [3.63, 3.8) is 0 Å². The molecule has 0 radical (unpaired) electrons. The molecule has 1 aliphatic heterocycles. The lowest BCUT2D eigenvalue weighted by Crippen LogP contribution is -2.28. The summed E-state index contributed by atoms with van der Waals surface area (Å²) in [7, 11) is 1.54. The van der Waals surface area contributed by atoms with Crippen LogP contribution in [-0.2, 0) is 4.74 Å². The van der Waals surface area contributed by atoms with Crippen LogP contribution < -0.4 is 5.32 Å². The Kier molecular flexibility index (Phi) is 3.40. The summed E-state index contributed by atoms with van der Waals surface area (Å²) in [5.41, 5.74) is 0. The standard InChI is InChI=1S/C11H18N2O4/c1-12-10(14)17-6-7-2-8-4-13(11(15)16)5-9(8)3-7/h7-9H,2-6H2,1H3,(H,12,14)(H,15,16)/t7?,8-,9+. The van der Waals surface area contributed by atoms with E-state index >= 15 is 0 Å². The summed E-state index contributed by atoms with van der Waals surface area (Å²) < 4.78 is 5.03. The number of nitrogens with zero attached hydrogens (tertiary/aromatic N) is 1. The summed E-state index contributed by atoms with van der Waals surface area (Å²) in [6, 6.07) is 0. The molecule has 17 heavy (non-hydrogen) atoms. The topological polar surface area (TPSA) is 78.9 Å². The van der Waals surface area contributed by atoms with E-state index in [0.717, 1.165) is 12.8 Å². The number of hydrogen-bond donors (Lipinski definition) is 2. The Labute approximate surface area is 99.9 Å². The average molecular weight is 242 g/mol. The van der Waals surface area contributed by atoms with Crippen molar-refractivity contribution in [3.05, 3.63) is 0 Å². The van der Waals surface area contributed by atoms with Crippen molar-refractivity contribution in [2.24, 2.45) is 17.8 Å². The van der Waals surface area contributed by atoms with Crippen molar-refractivity contribution in [2.45, 2.75) is 12.8 Å². The molecule has 0 aromatic rings. The average Bonchev–Trinajstić information content (AvgIpc) is 2.82. The van der Waals surface area contributed by atoms with Crippen LogP contribution in [-0.4, -0.2) is 48.9 Å². The molecule has 1 unspecified atom stereocenters. The van der Waals surface area contributed by atoms with Gasteiger partial charge in [0, 0.05) is 20.1 Å². The molecule has 1 aliphatic carbocycles. The zero-order valence-electron chi connectivity index (χ0n) is 9.89. The fourth-order valence-corrected chi connectivity index (χ4v) is 2.98. The number of carbonyl (C=O) groups is 2. The van der Waals surface area contributed by atoms with Crippen LogP contribution >= 0.6 is 0 Å². The molecule has 2 amide bonds. The first kappa shape index (κ1) is 12.0. The van der Waals surface area contributed by atoms with Crippen LogP contribution in [0.5, 0.6) is 0 Å². The molecular weight excluding hydrogens is 224 g/mol. The van der Waals surface area contributed by atoms with Gasteiger partial charge in [-0.05, 0) is 30.6 Å². The number of ether oxygens (including phenoxy) is 1. The summed E-state index contributed by atoms with van der Waals surface area (Å²) >= 11 is 0. The highest BCUT2D eigenvalue weighted by molar-refractivity contribution is 5.66. The lowest BCUT2D eigenvalue weighted by Gasteiger charge is -2.16. The number of likely N-dealkylation sites (tertiary alicyclic amines) is 1. The zero-order chi connectivity index (χ0) is 12.4. The highest BCUT2D eigenvalue weighted by Crippen LogP contribution is 2.41. The predicted molar refractivity (Wildman–Crippen MR) is 59.7 cm³/mol. The van der Waals surface area contributed by atoms with E-state index in [1.54, 1.807) is 0 Å². The number of carbonyl (C=O) groups excluding carboxylic acids is 1. The summed E-state index contributed by atoms with van der Waals surface area (Å²) in [6.45, 7) is 1.71. The number of rotatable bonds is 2. The second-order valence-corrected chi connectivity index (χ2v) is 4.89. The number of nitrogens with one attached hydrogen (secondary N) is 1. The second kappa shape index (κ2) is 4.81. The van der Waals surface area contributed by atoms with E-state index in [0.29, 0.717) is 37.5 Å². The van der Waals surface area contributed by atoms with Gasteiger partial charge < -0.3 is 20.1 Å². The number of fused-ring (bicyclic) bond motifs is 1. The SMILES string of the molecule is CNC(=O)OCC1C[C@@H]2CN(C(=O)O)C[C@@H]2C1. The van der Waals surface area contributed by atoms with Gasteiger partial charge >= 0.3 is 12.2 Å². The van der Waals surface area contributed by atoms with Gasteiger partial charge in [0.2, 0.25) is 0 Å². The maximum atomic E-state index is 10.9. The summed E-state index contributed by atoms with van der Waals surface area (Å²) in [6.07, 6.45) is 0.712. The Morgan fingerprint density at radius 3 is 2.41 bits per heavy atom. The van der Waals surface area contributed by atoms with E-state index in [-0.39, 0.29) is 0 Å². The molecule has 0 bridgehead atoms. The molecule has 0 aromatic carbocycles. The summed E-state index contributed by atoms with van der Waals surface area (Å²) in [5, 5.41) is 11.3. The van der Waals surface area contributed by atoms with Gasteiger partial charge in [0.05, 0.1) is 6.61 Å². The fourth-order valence-electron chi connectivity index (χ4n) is 2.98. The molecule has 6 nitrogen and oxygen atoms in total. The number of amides is 2. The molecule has 1 saturated heterocycles. The molecule has 0 aromatic heterocycles. The smallest absolute Gasteiger partial charge is 0.407 e. The third kappa shape index (κ3) is 2.62. The molecule has 3 atom stereocenters. The Balaban J connectivity index is 1.76. The van der Waals surface area contributed by atoms with Crippen molar-refractivity contribution < 1.29 is 19.4 Å². The first-order valence-electron chi connectivity index (χ1n) is 5.92. The quantitative estimate of drug-likeness (QED) is 0.756. The minimum Gasteiger partial charge on any atom is -0.465 e. The van der Waals surface area contributed by atoms with Crippen LogP contribution in [0.2, 0.25) is 0 Å². The van der Waals surface area contributed by atoms with E-state index in [1.807, 2.05) is 0 Å². The van der Waals surface area contributed by atoms with Gasteiger partial charge in [-0.15, -0.1) is 0 Å². The van der Waals surface area contributed by atoms with Gasteiger partial charge in [-0.3, -0.25) is 0 Å². The molecular formula is C11H18N2O4. The monoisotopic (exact) mass is 242 g/mol. The van der Waals surface area contributed by atoms with E-state index in [4.69, 9.17) is 9.84 Å². The zero-order valence-corrected chi connectivity index (χ0v) is 9.89. The molecule has 1 saturated carbocycles. The Bertz CT molecular complexity index is 307. The Morgan fingerprint density at radius 2 is 1.94 bits per heavy atom. The highest BCUT2D eigenvalue weighted by Gasteiger charge is 2.42. The Hall–Kier alpha value is -1.46. The van der Waals surface area contributed by atoms with Crippen molar-refractivity contribution >= 4 is 12.2 Å². The van der Waals surface area contributed by atoms with Crippen LogP contribution in [0, 0.1) is 17.8 Å². The van der Waals surface area contributed by atoms with Crippen LogP contribution in [0.1, 0.15) is 12.8 Å². The third-order valence-corrected chi connectivity index (χ3v) is 3.77. The Morgan fingerprint density at radius 1 is 1.35 bits per heavy atom. The van der Waals surface area contributed by atoms with E-state index in [2.05, 4.69) is 5.32 Å². The van der Waals surface area contributed by atoms with Crippen molar-refractivity contribution in [1.82, 2.24) is 10.2 Å². The molecule has 96 valence electrons. The first-order valence-corrected chi connectivity index (χ1v) is 5.92. The van der Waals surface area contributed by atoms with Crippen molar-refractivity contribution in [2.75, 3.05) is 26.7 Å². The third-order valence-electron chi connectivity index (χ3n) is 3.77. The van der Waals surface area contributed by atoms with Crippen LogP contribution in [0.15, 0.2) is 0 Å². The lowest BCUT2D eigenvalue weighted by molar-refractivity contribution is 0.124. The van der Waals surface area contributed by atoms with Gasteiger partial charge in [-0.2, -0.15) is 0 Å². The lowest BCUT2D eigenvalue weighted by atomic mass is 10.0. The van der Waals surface area contributed by atoms with Gasteiger partial charge in [0.1, 0.15) is 0 Å². The van der Waals surface area contributed by atoms with E-state index in [9.17, 15) is 9.59 Å². The highest BCUT2D eigenvalue weighted by atomic mass is 16.5. The molecule has 1 heterocycles. The molecule has 2 fully saturated rings. The van der Waals surface area contributed by atoms with Crippen molar-refractivity contribution in [3.8, 4) is 0 Å². The fraction of sp³-hybridized carbons (Fsp3) is 0.818. The van der Waals surface area contributed by atoms with E-state index < -0.39 is 12.2 Å². The maximum Gasteiger partial charge on any atom is 0.407 e. The minimum absolute atomic E-state index is 0.387. The molecule has 6 heteroatoms. The van der Waals surface area contributed by atoms with Crippen molar-refractivity contribution in [1.29, 1.82) is 0 Å². The summed E-state index contributed by atoms with van der Waals surface area (Å²) in [4.78, 5) is 23.2. The van der Waals surface area contributed by atoms with Gasteiger partial charge in [-0.25, -0.2) is 9.59 Å². The van der Waals surface area contributed by atoms with Crippen LogP contribution in [0.4, 0.5) is 9.59 Å². The molecule has 2 rings (SSSR count). The van der Waals surface area contributed by atoms with Gasteiger partial charge in [-0.1, -0.05) is 0 Å². The molecule has 2 aliphatic rings. The molecule has 2 N–H and O–H groups in total. The normalized spacial score (nSPS) is 31.1. The van der Waals surface area contributed by atoms with Gasteiger partial charge in [0.15, 0.2) is 0 Å². The number of hydrogen-bond acceptors (Lipinski definition) is 3. The first-order chi connectivity index (χ1) is 8.10. The minimum atomic E-state index is -0.822. The number of carboxylic acid groups (broad SMARTS) is 1. The van der Waals surface area contributed by atoms with E-state index in [1.165, 1.54) is 11.9 Å². The summed E-state index contributed by atoms with van der Waals surface area (Å²) in [5.74, 6) is 1.28. The maximum absolute atomic E-state index is 10.9. The van der Waals surface area contributed by atoms with Gasteiger partial charge in [0.25, 0.3) is 0 Å². The number of alkyl carbamates (subject to hydrolysis) is 1. The van der Waals surface area contributed by atoms with Crippen LogP contribution in [0.3, 0.4) is 0 Å².